The molecule has 13 heavy (non-hydrogen) atoms. The van der Waals surface area contributed by atoms with Crippen molar-refractivity contribution in [2.75, 3.05) is 0 Å². The Morgan fingerprint density at radius 1 is 1.31 bits per heavy atom. The van der Waals surface area contributed by atoms with Gasteiger partial charge >= 0.3 is 5.97 Å². The van der Waals surface area contributed by atoms with Gasteiger partial charge in [-0.2, -0.15) is 10.5 Å². The number of hydrogen-bond acceptors (Lipinski definition) is 3. The fraction of sp³-hybridized carbons (Fsp3) is 0. The molecule has 4 heteroatoms. The monoisotopic (exact) mass is 172 g/mol. The van der Waals surface area contributed by atoms with Crippen molar-refractivity contribution in [2.45, 2.75) is 0 Å². The SMILES string of the molecule is N#Cc1ccc(C(=O)O)c(C#N)c1. The summed E-state index contributed by atoms with van der Waals surface area (Å²) < 4.78 is 0. The summed E-state index contributed by atoms with van der Waals surface area (Å²) in [5, 5.41) is 25.7. The zero-order valence-corrected chi connectivity index (χ0v) is 6.48. The molecular formula is C9H4N2O2. The second-order valence-corrected chi connectivity index (χ2v) is 2.29. The van der Waals surface area contributed by atoms with E-state index in [9.17, 15) is 4.79 Å². The summed E-state index contributed by atoms with van der Waals surface area (Å²) in [6.07, 6.45) is 0. The number of carboxylic acids is 1. The highest BCUT2D eigenvalue weighted by Gasteiger charge is 2.09. The molecule has 62 valence electrons. The van der Waals surface area contributed by atoms with Crippen LogP contribution in [0.5, 0.6) is 0 Å². The molecule has 1 N–H and O–H groups in total. The minimum absolute atomic E-state index is 0.00606. The summed E-state index contributed by atoms with van der Waals surface area (Å²) in [4.78, 5) is 10.5. The molecule has 0 radical (unpaired) electrons. The molecule has 0 saturated heterocycles. The number of hydrogen-bond donors (Lipinski definition) is 1. The van der Waals surface area contributed by atoms with E-state index in [0.717, 1.165) is 0 Å². The molecule has 0 unspecified atom stereocenters. The van der Waals surface area contributed by atoms with E-state index >= 15 is 0 Å². The third-order valence-electron chi connectivity index (χ3n) is 1.50. The lowest BCUT2D eigenvalue weighted by Crippen LogP contribution is -2.00. The van der Waals surface area contributed by atoms with Gasteiger partial charge in [0.15, 0.2) is 0 Å². The molecule has 1 aromatic carbocycles. The van der Waals surface area contributed by atoms with Crippen LogP contribution in [0.1, 0.15) is 21.5 Å². The summed E-state index contributed by atoms with van der Waals surface area (Å²) >= 11 is 0. The van der Waals surface area contributed by atoms with E-state index in [4.69, 9.17) is 15.6 Å². The van der Waals surface area contributed by atoms with Gasteiger partial charge in [0.05, 0.1) is 22.8 Å². The van der Waals surface area contributed by atoms with Crippen LogP contribution in [0.25, 0.3) is 0 Å². The standard InChI is InChI=1S/C9H4N2O2/c10-4-6-1-2-8(9(12)13)7(3-6)5-11/h1-3H,(H,12,13). The van der Waals surface area contributed by atoms with Gasteiger partial charge in [-0.25, -0.2) is 4.79 Å². The van der Waals surface area contributed by atoms with Crippen molar-refractivity contribution in [1.82, 2.24) is 0 Å². The topological polar surface area (TPSA) is 84.9 Å². The Balaban J connectivity index is 3.36. The second-order valence-electron chi connectivity index (χ2n) is 2.29. The van der Waals surface area contributed by atoms with Gasteiger partial charge in [-0.1, -0.05) is 0 Å². The Bertz CT molecular complexity index is 438. The highest BCUT2D eigenvalue weighted by atomic mass is 16.4. The van der Waals surface area contributed by atoms with Crippen LogP contribution in [0.15, 0.2) is 18.2 Å². The fourth-order valence-corrected chi connectivity index (χ4v) is 0.893. The molecule has 0 aliphatic rings. The number of carboxylic acid groups (broad SMARTS) is 1. The van der Waals surface area contributed by atoms with Crippen molar-refractivity contribution < 1.29 is 9.90 Å². The van der Waals surface area contributed by atoms with Crippen molar-refractivity contribution >= 4 is 5.97 Å². The summed E-state index contributed by atoms with van der Waals surface area (Å²) in [5.74, 6) is -1.17. The van der Waals surface area contributed by atoms with Gasteiger partial charge in [0.25, 0.3) is 0 Å². The molecule has 1 rings (SSSR count). The normalized spacial score (nSPS) is 8.46. The maximum absolute atomic E-state index is 10.5. The number of nitrogens with zero attached hydrogens (tertiary/aromatic N) is 2. The van der Waals surface area contributed by atoms with Gasteiger partial charge in [-0.3, -0.25) is 0 Å². The van der Waals surface area contributed by atoms with Gasteiger partial charge in [-0.05, 0) is 18.2 Å². The van der Waals surface area contributed by atoms with E-state index in [1.165, 1.54) is 18.2 Å². The largest absolute Gasteiger partial charge is 0.478 e. The molecule has 4 nitrogen and oxygen atoms in total. The Morgan fingerprint density at radius 3 is 2.46 bits per heavy atom. The van der Waals surface area contributed by atoms with Gasteiger partial charge in [0.1, 0.15) is 6.07 Å². The molecule has 0 spiro atoms. The van der Waals surface area contributed by atoms with Crippen LogP contribution in [0.3, 0.4) is 0 Å². The zero-order valence-electron chi connectivity index (χ0n) is 6.48. The van der Waals surface area contributed by atoms with E-state index in [1.807, 2.05) is 6.07 Å². The minimum Gasteiger partial charge on any atom is -0.478 e. The van der Waals surface area contributed by atoms with Crippen LogP contribution in [-0.4, -0.2) is 11.1 Å². The van der Waals surface area contributed by atoms with Crippen LogP contribution >= 0.6 is 0 Å². The van der Waals surface area contributed by atoms with Crippen molar-refractivity contribution in [2.24, 2.45) is 0 Å². The third kappa shape index (κ3) is 1.63. The number of aromatic carboxylic acids is 1. The molecule has 0 saturated carbocycles. The first kappa shape index (κ1) is 8.76. The number of benzene rings is 1. The first-order valence-electron chi connectivity index (χ1n) is 3.36. The number of rotatable bonds is 1. The summed E-state index contributed by atoms with van der Waals surface area (Å²) in [7, 11) is 0. The van der Waals surface area contributed by atoms with Crippen molar-refractivity contribution in [3.8, 4) is 12.1 Å². The van der Waals surface area contributed by atoms with Gasteiger partial charge < -0.3 is 5.11 Å². The highest BCUT2D eigenvalue weighted by molar-refractivity contribution is 5.90. The summed E-state index contributed by atoms with van der Waals surface area (Å²) in [6, 6.07) is 7.41. The van der Waals surface area contributed by atoms with Gasteiger partial charge in [-0.15, -0.1) is 0 Å². The maximum atomic E-state index is 10.5. The third-order valence-corrected chi connectivity index (χ3v) is 1.50. The first-order valence-corrected chi connectivity index (χ1v) is 3.36. The maximum Gasteiger partial charge on any atom is 0.337 e. The molecule has 0 heterocycles. The van der Waals surface area contributed by atoms with Crippen LogP contribution in [0.2, 0.25) is 0 Å². The smallest absolute Gasteiger partial charge is 0.337 e. The molecular weight excluding hydrogens is 168 g/mol. The number of nitriles is 2. The molecule has 0 bridgehead atoms. The zero-order chi connectivity index (χ0) is 9.84. The Labute approximate surface area is 74.3 Å². The van der Waals surface area contributed by atoms with E-state index in [1.54, 1.807) is 6.07 Å². The van der Waals surface area contributed by atoms with E-state index in [0.29, 0.717) is 0 Å². The Kier molecular flexibility index (Phi) is 2.28. The number of carbonyl (C=O) groups is 1. The van der Waals surface area contributed by atoms with Crippen LogP contribution in [0, 0.1) is 22.7 Å². The van der Waals surface area contributed by atoms with Crippen LogP contribution in [-0.2, 0) is 0 Å². The predicted molar refractivity (Wildman–Crippen MR) is 42.8 cm³/mol. The van der Waals surface area contributed by atoms with Crippen LogP contribution < -0.4 is 0 Å². The summed E-state index contributed by atoms with van der Waals surface area (Å²) in [5.41, 5.74) is 0.203. The van der Waals surface area contributed by atoms with Crippen LogP contribution in [0.4, 0.5) is 0 Å². The molecule has 0 fully saturated rings. The van der Waals surface area contributed by atoms with Gasteiger partial charge in [0, 0.05) is 0 Å². The van der Waals surface area contributed by atoms with Gasteiger partial charge in [0.2, 0.25) is 0 Å². The first-order chi connectivity index (χ1) is 6.19. The molecule has 1 aromatic rings. The quantitative estimate of drug-likeness (QED) is 0.687. The average molecular weight is 172 g/mol. The summed E-state index contributed by atoms with van der Waals surface area (Å²) in [6.45, 7) is 0. The van der Waals surface area contributed by atoms with E-state index in [-0.39, 0.29) is 16.7 Å². The molecule has 0 aromatic heterocycles. The van der Waals surface area contributed by atoms with E-state index in [2.05, 4.69) is 0 Å². The van der Waals surface area contributed by atoms with Crippen molar-refractivity contribution in [3.05, 3.63) is 34.9 Å². The minimum atomic E-state index is -1.17. The Morgan fingerprint density at radius 2 is 2.00 bits per heavy atom. The molecule has 0 atom stereocenters. The lowest BCUT2D eigenvalue weighted by atomic mass is 10.1. The lowest BCUT2D eigenvalue weighted by molar-refractivity contribution is 0.0696. The highest BCUT2D eigenvalue weighted by Crippen LogP contribution is 2.10. The molecule has 0 amide bonds. The predicted octanol–water partition coefficient (Wildman–Crippen LogP) is 1.13. The molecule has 0 aliphatic heterocycles. The second kappa shape index (κ2) is 3.38. The van der Waals surface area contributed by atoms with Crippen molar-refractivity contribution in [1.29, 1.82) is 10.5 Å². The lowest BCUT2D eigenvalue weighted by Gasteiger charge is -1.96. The fourth-order valence-electron chi connectivity index (χ4n) is 0.893. The Hall–Kier alpha value is -2.33. The van der Waals surface area contributed by atoms with Crippen molar-refractivity contribution in [3.63, 3.8) is 0 Å². The van der Waals surface area contributed by atoms with E-state index < -0.39 is 5.97 Å². The molecule has 0 aliphatic carbocycles. The average Bonchev–Trinajstić information content (AvgIpc) is 2.16.